The van der Waals surface area contributed by atoms with Crippen LogP contribution >= 0.6 is 0 Å². The Labute approximate surface area is 122 Å². The molecule has 0 aliphatic heterocycles. The second kappa shape index (κ2) is 5.92. The molecule has 0 aliphatic carbocycles. The predicted octanol–water partition coefficient (Wildman–Crippen LogP) is 2.09. The normalized spacial score (nSPS) is 12.2. The third-order valence-corrected chi connectivity index (χ3v) is 3.26. The van der Waals surface area contributed by atoms with Gasteiger partial charge in [-0.15, -0.1) is 0 Å². The summed E-state index contributed by atoms with van der Waals surface area (Å²) >= 11 is 0. The third kappa shape index (κ3) is 3.19. The van der Waals surface area contributed by atoms with Gasteiger partial charge in [0.15, 0.2) is 0 Å². The Balaban J connectivity index is 2.15. The second-order valence-electron chi connectivity index (χ2n) is 4.97. The first-order chi connectivity index (χ1) is 9.90. The van der Waals surface area contributed by atoms with Gasteiger partial charge in [0.2, 0.25) is 5.82 Å². The van der Waals surface area contributed by atoms with Gasteiger partial charge in [-0.25, -0.2) is 4.68 Å². The Hall–Kier alpha value is -2.41. The fraction of sp³-hybridized carbons (Fsp3) is 0.357. The van der Waals surface area contributed by atoms with Crippen molar-refractivity contribution < 1.29 is 10.0 Å². The van der Waals surface area contributed by atoms with Gasteiger partial charge in [-0.2, -0.15) is 5.10 Å². The summed E-state index contributed by atoms with van der Waals surface area (Å²) in [5.41, 5.74) is 2.10. The number of benzene rings is 1. The van der Waals surface area contributed by atoms with Crippen molar-refractivity contribution in [3.8, 4) is 0 Å². The maximum atomic E-state index is 11.1. The van der Waals surface area contributed by atoms with E-state index in [1.54, 1.807) is 14.0 Å². The van der Waals surface area contributed by atoms with Crippen molar-refractivity contribution in [2.75, 3.05) is 11.9 Å². The molecule has 2 aromatic rings. The number of aliphatic hydroxyl groups is 1. The largest absolute Gasteiger partial charge is 0.387 e. The molecule has 0 aliphatic rings. The summed E-state index contributed by atoms with van der Waals surface area (Å²) in [4.78, 5) is 10.6. The third-order valence-electron chi connectivity index (χ3n) is 3.26. The number of anilines is 1. The molecule has 0 spiro atoms. The Kier molecular flexibility index (Phi) is 4.23. The molecular weight excluding hydrogens is 272 g/mol. The number of aryl methyl sites for hydroxylation is 3. The Morgan fingerprint density at radius 2 is 2.19 bits per heavy atom. The van der Waals surface area contributed by atoms with Gasteiger partial charge in [0, 0.05) is 13.6 Å². The smallest absolute Gasteiger partial charge is 0.333 e. The SMILES string of the molecule is Cc1cccc(C(O)CNc2c([N+](=O)[O-])c(C)nn2C)c1. The van der Waals surface area contributed by atoms with E-state index in [0.717, 1.165) is 11.1 Å². The highest BCUT2D eigenvalue weighted by Crippen LogP contribution is 2.28. The minimum Gasteiger partial charge on any atom is -0.387 e. The molecule has 0 bridgehead atoms. The highest BCUT2D eigenvalue weighted by molar-refractivity contribution is 5.59. The van der Waals surface area contributed by atoms with Crippen molar-refractivity contribution >= 4 is 11.5 Å². The summed E-state index contributed by atoms with van der Waals surface area (Å²) in [6, 6.07) is 7.51. The molecule has 1 unspecified atom stereocenters. The van der Waals surface area contributed by atoms with Gasteiger partial charge < -0.3 is 10.4 Å². The van der Waals surface area contributed by atoms with Crippen molar-refractivity contribution in [3.05, 3.63) is 51.2 Å². The lowest BCUT2D eigenvalue weighted by Gasteiger charge is -2.13. The molecule has 0 saturated carbocycles. The summed E-state index contributed by atoms with van der Waals surface area (Å²) in [6.07, 6.45) is -0.750. The molecule has 0 amide bonds. The van der Waals surface area contributed by atoms with Crippen molar-refractivity contribution in [2.45, 2.75) is 20.0 Å². The molecular formula is C14H18N4O3. The quantitative estimate of drug-likeness (QED) is 0.649. The van der Waals surface area contributed by atoms with Crippen molar-refractivity contribution in [3.63, 3.8) is 0 Å². The van der Waals surface area contributed by atoms with Crippen LogP contribution in [0.1, 0.15) is 22.9 Å². The van der Waals surface area contributed by atoms with E-state index in [2.05, 4.69) is 10.4 Å². The van der Waals surface area contributed by atoms with Crippen LogP contribution in [0, 0.1) is 24.0 Å². The number of hydrogen-bond acceptors (Lipinski definition) is 5. The van der Waals surface area contributed by atoms with Crippen LogP contribution in [0.5, 0.6) is 0 Å². The van der Waals surface area contributed by atoms with Gasteiger partial charge in [0.25, 0.3) is 0 Å². The second-order valence-corrected chi connectivity index (χ2v) is 4.97. The molecule has 1 aromatic heterocycles. The minimum atomic E-state index is -0.750. The summed E-state index contributed by atoms with van der Waals surface area (Å²) in [5.74, 6) is 0.296. The summed E-state index contributed by atoms with van der Waals surface area (Å²) in [6.45, 7) is 3.70. The van der Waals surface area contributed by atoms with Gasteiger partial charge in [-0.05, 0) is 19.4 Å². The number of rotatable bonds is 5. The fourth-order valence-corrected chi connectivity index (χ4v) is 2.25. The molecule has 2 rings (SSSR count). The Morgan fingerprint density at radius 3 is 2.81 bits per heavy atom. The van der Waals surface area contributed by atoms with Gasteiger partial charge in [0.05, 0.1) is 11.0 Å². The fourth-order valence-electron chi connectivity index (χ4n) is 2.25. The number of nitro groups is 1. The van der Waals surface area contributed by atoms with Crippen LogP contribution in [0.2, 0.25) is 0 Å². The van der Waals surface area contributed by atoms with E-state index in [4.69, 9.17) is 0 Å². The average molecular weight is 290 g/mol. The van der Waals surface area contributed by atoms with E-state index in [1.807, 2.05) is 31.2 Å². The van der Waals surface area contributed by atoms with Crippen LogP contribution in [-0.2, 0) is 7.05 Å². The maximum absolute atomic E-state index is 11.1. The Bertz CT molecular complexity index is 666. The van der Waals surface area contributed by atoms with E-state index in [-0.39, 0.29) is 12.2 Å². The van der Waals surface area contributed by atoms with E-state index in [9.17, 15) is 15.2 Å². The van der Waals surface area contributed by atoms with Gasteiger partial charge in [-0.1, -0.05) is 29.8 Å². The van der Waals surface area contributed by atoms with Crippen molar-refractivity contribution in [1.82, 2.24) is 9.78 Å². The van der Waals surface area contributed by atoms with Crippen LogP contribution in [-0.4, -0.2) is 26.4 Å². The van der Waals surface area contributed by atoms with Crippen LogP contribution in [0.25, 0.3) is 0 Å². The average Bonchev–Trinajstić information content (AvgIpc) is 2.70. The predicted molar refractivity (Wildman–Crippen MR) is 79.2 cm³/mol. The molecule has 21 heavy (non-hydrogen) atoms. The molecule has 1 atom stereocenters. The van der Waals surface area contributed by atoms with Crippen LogP contribution in [0.15, 0.2) is 24.3 Å². The highest BCUT2D eigenvalue weighted by Gasteiger charge is 2.24. The lowest BCUT2D eigenvalue weighted by Crippen LogP contribution is -2.15. The molecule has 112 valence electrons. The molecule has 7 heteroatoms. The first-order valence-electron chi connectivity index (χ1n) is 6.56. The van der Waals surface area contributed by atoms with Gasteiger partial charge in [-0.3, -0.25) is 10.1 Å². The summed E-state index contributed by atoms with van der Waals surface area (Å²) in [7, 11) is 1.63. The standard InChI is InChI=1S/C14H18N4O3/c1-9-5-4-6-11(7-9)12(19)8-15-14-13(18(20)21)10(2)16-17(14)3/h4-7,12,15,19H,8H2,1-3H3. The number of aromatic nitrogens is 2. The Morgan fingerprint density at radius 1 is 1.48 bits per heavy atom. The van der Waals surface area contributed by atoms with Crippen LogP contribution < -0.4 is 5.32 Å². The lowest BCUT2D eigenvalue weighted by atomic mass is 10.1. The topological polar surface area (TPSA) is 93.2 Å². The highest BCUT2D eigenvalue weighted by atomic mass is 16.6. The van der Waals surface area contributed by atoms with Gasteiger partial charge in [0.1, 0.15) is 5.69 Å². The van der Waals surface area contributed by atoms with Crippen LogP contribution in [0.3, 0.4) is 0 Å². The maximum Gasteiger partial charge on any atom is 0.333 e. The molecule has 1 heterocycles. The molecule has 1 aromatic carbocycles. The zero-order valence-corrected chi connectivity index (χ0v) is 12.2. The van der Waals surface area contributed by atoms with E-state index in [0.29, 0.717) is 11.5 Å². The monoisotopic (exact) mass is 290 g/mol. The van der Waals surface area contributed by atoms with Gasteiger partial charge >= 0.3 is 5.69 Å². The van der Waals surface area contributed by atoms with Crippen molar-refractivity contribution in [1.29, 1.82) is 0 Å². The van der Waals surface area contributed by atoms with E-state index < -0.39 is 11.0 Å². The molecule has 0 radical (unpaired) electrons. The zero-order chi connectivity index (χ0) is 15.6. The minimum absolute atomic E-state index is 0.0612. The molecule has 2 N–H and O–H groups in total. The number of aliphatic hydroxyl groups excluding tert-OH is 1. The number of hydrogen-bond donors (Lipinski definition) is 2. The zero-order valence-electron chi connectivity index (χ0n) is 12.2. The first kappa shape index (κ1) is 15.0. The lowest BCUT2D eigenvalue weighted by molar-refractivity contribution is -0.384. The summed E-state index contributed by atoms with van der Waals surface area (Å²) in [5, 5.41) is 28.2. The first-order valence-corrected chi connectivity index (χ1v) is 6.56. The van der Waals surface area contributed by atoms with E-state index >= 15 is 0 Å². The molecule has 7 nitrogen and oxygen atoms in total. The number of nitrogens with one attached hydrogen (secondary N) is 1. The molecule has 0 fully saturated rings. The van der Waals surface area contributed by atoms with E-state index in [1.165, 1.54) is 4.68 Å². The number of nitrogens with zero attached hydrogens (tertiary/aromatic N) is 3. The summed E-state index contributed by atoms with van der Waals surface area (Å²) < 4.78 is 1.41. The van der Waals surface area contributed by atoms with Crippen molar-refractivity contribution in [2.24, 2.45) is 7.05 Å². The molecule has 0 saturated heterocycles. The van der Waals surface area contributed by atoms with Crippen LogP contribution in [0.4, 0.5) is 11.5 Å².